The summed E-state index contributed by atoms with van der Waals surface area (Å²) in [4.78, 5) is 52.1. The first kappa shape index (κ1) is 37.9. The van der Waals surface area contributed by atoms with Crippen molar-refractivity contribution >= 4 is 46.6 Å². The van der Waals surface area contributed by atoms with Crippen molar-refractivity contribution in [1.29, 1.82) is 0 Å². The first-order valence-electron chi connectivity index (χ1n) is 17.5. The van der Waals surface area contributed by atoms with Gasteiger partial charge in [0, 0.05) is 98.9 Å². The van der Waals surface area contributed by atoms with E-state index in [0.29, 0.717) is 77.0 Å². The standard InChI is InChI=1S/C38H42Cl2N8O5/c1-22(49)48-15-12-25(13-16-48)43-19-23-7-9-29(47-38(23)53-3)27-11-14-42-36(35(27)40)28-5-4-6-30(34(28)39)46-37(51)31-17-32(52-2)24(20-44-31)18-41-21-26-8-10-33(50)45-26/h4-7,9,11,14,17,20,25-26,41,43H,8,10,12-13,15-16,18-19,21H2,1-3H3,(H,45,50)(H,46,51)/t26-/m0/s1. The minimum Gasteiger partial charge on any atom is -0.496 e. The zero-order chi connectivity index (χ0) is 37.5. The Morgan fingerprint density at radius 1 is 0.962 bits per heavy atom. The van der Waals surface area contributed by atoms with Crippen LogP contribution in [0.2, 0.25) is 10.0 Å². The molecular weight excluding hydrogens is 719 g/mol. The summed E-state index contributed by atoms with van der Waals surface area (Å²) in [6.45, 7) is 4.73. The number of carbonyl (C=O) groups excluding carboxylic acids is 3. The third kappa shape index (κ3) is 9.05. The van der Waals surface area contributed by atoms with Crippen LogP contribution >= 0.6 is 23.2 Å². The molecule has 0 radical (unpaired) electrons. The summed E-state index contributed by atoms with van der Waals surface area (Å²) >= 11 is 13.9. The fourth-order valence-electron chi connectivity index (χ4n) is 6.53. The van der Waals surface area contributed by atoms with Crippen LogP contribution in [0.3, 0.4) is 0 Å². The maximum absolute atomic E-state index is 13.4. The number of nitrogens with one attached hydrogen (secondary N) is 4. The van der Waals surface area contributed by atoms with Gasteiger partial charge in [-0.3, -0.25) is 24.4 Å². The van der Waals surface area contributed by atoms with Crippen molar-refractivity contribution in [3.63, 3.8) is 0 Å². The molecule has 3 amide bonds. The number of hydrogen-bond acceptors (Lipinski definition) is 10. The minimum atomic E-state index is -0.476. The molecule has 1 atom stereocenters. The molecule has 3 aromatic heterocycles. The number of carbonyl (C=O) groups is 3. The number of pyridine rings is 3. The largest absolute Gasteiger partial charge is 0.496 e. The number of likely N-dealkylation sites (tertiary alicyclic amines) is 1. The summed E-state index contributed by atoms with van der Waals surface area (Å²) < 4.78 is 11.2. The van der Waals surface area contributed by atoms with Crippen molar-refractivity contribution in [1.82, 2.24) is 35.8 Å². The van der Waals surface area contributed by atoms with Gasteiger partial charge in [0.05, 0.1) is 41.3 Å². The summed E-state index contributed by atoms with van der Waals surface area (Å²) in [6, 6.07) is 12.8. The van der Waals surface area contributed by atoms with Crippen molar-refractivity contribution < 1.29 is 23.9 Å². The third-order valence-corrected chi connectivity index (χ3v) is 10.3. The van der Waals surface area contributed by atoms with Gasteiger partial charge in [-0.2, -0.15) is 0 Å². The molecule has 4 aromatic rings. The molecule has 13 nitrogen and oxygen atoms in total. The highest BCUT2D eigenvalue weighted by atomic mass is 35.5. The van der Waals surface area contributed by atoms with Gasteiger partial charge < -0.3 is 35.6 Å². The number of anilines is 1. The van der Waals surface area contributed by atoms with E-state index in [1.54, 1.807) is 56.8 Å². The third-order valence-electron chi connectivity index (χ3n) is 9.51. The van der Waals surface area contributed by atoms with E-state index in [1.807, 2.05) is 17.0 Å². The molecule has 2 aliphatic heterocycles. The lowest BCUT2D eigenvalue weighted by Crippen LogP contribution is -2.44. The SMILES string of the molecule is COc1cc(C(=O)Nc2cccc(-c3nccc(-c4ccc(CNC5CCN(C(C)=O)CC5)c(OC)n4)c3Cl)c2Cl)ncc1CNC[C@@H]1CCC(=O)N1. The van der Waals surface area contributed by atoms with Crippen molar-refractivity contribution in [3.8, 4) is 34.1 Å². The smallest absolute Gasteiger partial charge is 0.274 e. The number of aromatic nitrogens is 3. The van der Waals surface area contributed by atoms with Crippen LogP contribution in [-0.2, 0) is 22.7 Å². The average molecular weight is 762 g/mol. The van der Waals surface area contributed by atoms with Crippen LogP contribution in [0, 0.1) is 0 Å². The number of halogens is 2. The van der Waals surface area contributed by atoms with E-state index in [-0.39, 0.29) is 28.6 Å². The highest BCUT2D eigenvalue weighted by molar-refractivity contribution is 6.39. The van der Waals surface area contributed by atoms with Gasteiger partial charge in [0.15, 0.2) is 0 Å². The zero-order valence-corrected chi connectivity index (χ0v) is 31.3. The number of nitrogens with zero attached hydrogens (tertiary/aromatic N) is 4. The lowest BCUT2D eigenvalue weighted by atomic mass is 10.0. The van der Waals surface area contributed by atoms with Gasteiger partial charge in [-0.05, 0) is 37.5 Å². The van der Waals surface area contributed by atoms with Gasteiger partial charge in [0.25, 0.3) is 5.91 Å². The number of hydrogen-bond donors (Lipinski definition) is 4. The fraction of sp³-hybridized carbons (Fsp3) is 0.368. The number of methoxy groups -OCH3 is 2. The molecule has 53 heavy (non-hydrogen) atoms. The topological polar surface area (TPSA) is 160 Å². The van der Waals surface area contributed by atoms with Crippen LogP contribution in [0.15, 0.2) is 54.9 Å². The molecule has 15 heteroatoms. The number of amides is 3. The molecule has 2 saturated heterocycles. The second-order valence-corrected chi connectivity index (χ2v) is 13.7. The fourth-order valence-corrected chi connectivity index (χ4v) is 7.11. The maximum Gasteiger partial charge on any atom is 0.274 e. The van der Waals surface area contributed by atoms with E-state index < -0.39 is 5.91 Å². The second kappa shape index (κ2) is 17.3. The molecule has 1 aromatic carbocycles. The first-order chi connectivity index (χ1) is 25.6. The number of piperidine rings is 1. The molecule has 5 heterocycles. The van der Waals surface area contributed by atoms with Gasteiger partial charge in [0.2, 0.25) is 17.7 Å². The Labute approximate surface area is 318 Å². The summed E-state index contributed by atoms with van der Waals surface area (Å²) in [6.07, 6.45) is 6.33. The van der Waals surface area contributed by atoms with Gasteiger partial charge in [-0.1, -0.05) is 41.4 Å². The molecule has 0 unspecified atom stereocenters. The summed E-state index contributed by atoms with van der Waals surface area (Å²) in [5.74, 6) is 0.675. The summed E-state index contributed by atoms with van der Waals surface area (Å²) in [7, 11) is 3.11. The number of rotatable bonds is 13. The molecule has 6 rings (SSSR count). The Hall–Kier alpha value is -4.82. The summed E-state index contributed by atoms with van der Waals surface area (Å²) in [5.41, 5.74) is 4.34. The lowest BCUT2D eigenvalue weighted by molar-refractivity contribution is -0.130. The Morgan fingerprint density at radius 3 is 2.49 bits per heavy atom. The zero-order valence-electron chi connectivity index (χ0n) is 29.8. The van der Waals surface area contributed by atoms with Crippen molar-refractivity contribution in [3.05, 3.63) is 81.7 Å². The van der Waals surface area contributed by atoms with Crippen LogP contribution < -0.4 is 30.7 Å². The average Bonchev–Trinajstić information content (AvgIpc) is 3.59. The van der Waals surface area contributed by atoms with Crippen molar-refractivity contribution in [2.24, 2.45) is 0 Å². The Morgan fingerprint density at radius 2 is 1.77 bits per heavy atom. The van der Waals surface area contributed by atoms with Crippen molar-refractivity contribution in [2.45, 2.75) is 57.8 Å². The molecule has 4 N–H and O–H groups in total. The van der Waals surface area contributed by atoms with Crippen molar-refractivity contribution in [2.75, 3.05) is 39.2 Å². The van der Waals surface area contributed by atoms with Crippen LogP contribution in [0.5, 0.6) is 11.6 Å². The highest BCUT2D eigenvalue weighted by Crippen LogP contribution is 2.40. The number of benzene rings is 1. The Balaban J connectivity index is 1.14. The van der Waals surface area contributed by atoms with Crippen LogP contribution in [0.1, 0.15) is 54.2 Å². The maximum atomic E-state index is 13.4. The molecule has 278 valence electrons. The first-order valence-corrected chi connectivity index (χ1v) is 18.2. The number of ether oxygens (including phenoxy) is 2. The predicted molar refractivity (Wildman–Crippen MR) is 203 cm³/mol. The van der Waals surface area contributed by atoms with Crippen LogP contribution in [0.25, 0.3) is 22.5 Å². The second-order valence-electron chi connectivity index (χ2n) is 13.0. The Bertz CT molecular complexity index is 1990. The minimum absolute atomic E-state index is 0.0642. The molecular formula is C38H42Cl2N8O5. The quantitative estimate of drug-likeness (QED) is 0.142. The predicted octanol–water partition coefficient (Wildman–Crippen LogP) is 5.25. The van der Waals surface area contributed by atoms with Crippen LogP contribution in [0.4, 0.5) is 5.69 Å². The van der Waals surface area contributed by atoms with Gasteiger partial charge in [-0.15, -0.1) is 0 Å². The van der Waals surface area contributed by atoms with E-state index in [2.05, 4.69) is 31.2 Å². The Kier molecular flexibility index (Phi) is 12.4. The highest BCUT2D eigenvalue weighted by Gasteiger charge is 2.23. The van der Waals surface area contributed by atoms with E-state index in [0.717, 1.165) is 43.5 Å². The molecule has 0 spiro atoms. The molecule has 2 aliphatic rings. The van der Waals surface area contributed by atoms with Crippen LogP contribution in [-0.4, -0.2) is 83.5 Å². The molecule has 2 fully saturated rings. The van der Waals surface area contributed by atoms with E-state index >= 15 is 0 Å². The lowest BCUT2D eigenvalue weighted by Gasteiger charge is -2.31. The van der Waals surface area contributed by atoms with Gasteiger partial charge in [-0.25, -0.2) is 4.98 Å². The molecule has 0 bridgehead atoms. The van der Waals surface area contributed by atoms with Gasteiger partial charge in [0.1, 0.15) is 11.4 Å². The monoisotopic (exact) mass is 760 g/mol. The van der Waals surface area contributed by atoms with E-state index in [4.69, 9.17) is 37.7 Å². The molecule has 0 aliphatic carbocycles. The van der Waals surface area contributed by atoms with Gasteiger partial charge >= 0.3 is 0 Å². The van der Waals surface area contributed by atoms with E-state index in [9.17, 15) is 14.4 Å². The van der Waals surface area contributed by atoms with E-state index in [1.165, 1.54) is 7.11 Å². The molecule has 0 saturated carbocycles. The summed E-state index contributed by atoms with van der Waals surface area (Å²) in [5, 5.41) is 13.3. The normalized spacial score (nSPS) is 16.0.